The van der Waals surface area contributed by atoms with Gasteiger partial charge in [0, 0.05) is 6.04 Å². The maximum atomic E-state index is 12.2. The van der Waals surface area contributed by atoms with Crippen LogP contribution >= 0.6 is 12.4 Å². The molecule has 1 aliphatic heterocycles. The Morgan fingerprint density at radius 2 is 2.05 bits per heavy atom. The lowest BCUT2D eigenvalue weighted by Crippen LogP contribution is -2.51. The highest BCUT2D eigenvalue weighted by molar-refractivity contribution is 5.85. The van der Waals surface area contributed by atoms with E-state index in [0.717, 1.165) is 30.7 Å². The van der Waals surface area contributed by atoms with Crippen molar-refractivity contribution >= 4 is 18.3 Å². The van der Waals surface area contributed by atoms with E-state index < -0.39 is 0 Å². The van der Waals surface area contributed by atoms with E-state index in [1.54, 1.807) is 0 Å². The summed E-state index contributed by atoms with van der Waals surface area (Å²) in [5.74, 6) is 2.85. The Hall–Kier alpha value is -0.280. The van der Waals surface area contributed by atoms with E-state index in [9.17, 15) is 4.79 Å². The van der Waals surface area contributed by atoms with Crippen molar-refractivity contribution in [3.05, 3.63) is 0 Å². The summed E-state index contributed by atoms with van der Waals surface area (Å²) in [7, 11) is 0. The fraction of sp³-hybridized carbons (Fsp3) is 0.933. The molecule has 0 radical (unpaired) electrons. The molecule has 19 heavy (non-hydrogen) atoms. The van der Waals surface area contributed by atoms with Crippen LogP contribution in [0.5, 0.6) is 0 Å². The van der Waals surface area contributed by atoms with Crippen molar-refractivity contribution in [1.82, 2.24) is 10.6 Å². The average molecular weight is 287 g/mol. The number of halogens is 1. The van der Waals surface area contributed by atoms with Crippen LogP contribution in [0, 0.1) is 17.8 Å². The number of carbonyl (C=O) groups excluding carboxylic acids is 1. The highest BCUT2D eigenvalue weighted by atomic mass is 35.5. The summed E-state index contributed by atoms with van der Waals surface area (Å²) < 4.78 is 0. The molecule has 1 amide bonds. The minimum atomic E-state index is 0. The van der Waals surface area contributed by atoms with Crippen molar-refractivity contribution in [2.45, 2.75) is 64.0 Å². The predicted molar refractivity (Wildman–Crippen MR) is 79.4 cm³/mol. The summed E-state index contributed by atoms with van der Waals surface area (Å²) in [5.41, 5.74) is 0. The normalized spacial score (nSPS) is 38.6. The summed E-state index contributed by atoms with van der Waals surface area (Å²) in [6, 6.07) is 0.441. The van der Waals surface area contributed by atoms with Gasteiger partial charge in [-0.05, 0) is 63.3 Å². The Balaban J connectivity index is 0.00000133. The van der Waals surface area contributed by atoms with Crippen molar-refractivity contribution in [2.24, 2.45) is 17.8 Å². The Labute approximate surface area is 122 Å². The molecule has 0 aromatic rings. The predicted octanol–water partition coefficient (Wildman–Crippen LogP) is 2.49. The van der Waals surface area contributed by atoms with Crippen LogP contribution in [0.1, 0.15) is 51.9 Å². The van der Waals surface area contributed by atoms with Gasteiger partial charge in [0.1, 0.15) is 0 Å². The number of piperidine rings is 1. The molecular weight excluding hydrogens is 260 g/mol. The summed E-state index contributed by atoms with van der Waals surface area (Å²) in [5, 5.41) is 6.61. The molecule has 2 aliphatic carbocycles. The molecule has 0 aromatic heterocycles. The topological polar surface area (TPSA) is 41.1 Å². The van der Waals surface area contributed by atoms with Crippen molar-refractivity contribution in [2.75, 3.05) is 6.54 Å². The molecule has 3 rings (SSSR count). The second-order valence-corrected chi connectivity index (χ2v) is 6.64. The molecular formula is C15H27ClN2O. The quantitative estimate of drug-likeness (QED) is 0.837. The van der Waals surface area contributed by atoms with Gasteiger partial charge in [0.05, 0.1) is 6.04 Å². The number of nitrogens with one attached hydrogen (secondary N) is 2. The molecule has 4 unspecified atom stereocenters. The number of hydrogen-bond donors (Lipinski definition) is 2. The van der Waals surface area contributed by atoms with E-state index in [2.05, 4.69) is 17.6 Å². The van der Waals surface area contributed by atoms with Crippen LogP contribution in [0.4, 0.5) is 0 Å². The Morgan fingerprint density at radius 1 is 1.21 bits per heavy atom. The van der Waals surface area contributed by atoms with E-state index in [1.807, 2.05) is 0 Å². The molecule has 2 saturated carbocycles. The van der Waals surface area contributed by atoms with Gasteiger partial charge in [0.25, 0.3) is 0 Å². The Kier molecular flexibility index (Phi) is 5.13. The summed E-state index contributed by atoms with van der Waals surface area (Å²) in [4.78, 5) is 12.2. The van der Waals surface area contributed by atoms with Crippen molar-refractivity contribution in [1.29, 1.82) is 0 Å². The van der Waals surface area contributed by atoms with Crippen LogP contribution in [0.2, 0.25) is 0 Å². The fourth-order valence-electron chi connectivity index (χ4n) is 4.41. The summed E-state index contributed by atoms with van der Waals surface area (Å²) in [6.45, 7) is 3.21. The van der Waals surface area contributed by atoms with Gasteiger partial charge in [0.2, 0.25) is 5.91 Å². The molecule has 3 fully saturated rings. The fourth-order valence-corrected chi connectivity index (χ4v) is 4.41. The lowest BCUT2D eigenvalue weighted by Gasteiger charge is -2.31. The number of rotatable bonds is 3. The van der Waals surface area contributed by atoms with Gasteiger partial charge >= 0.3 is 0 Å². The standard InChI is InChI=1S/C15H26N2O.ClH/c1-10(13-9-11-5-6-12(13)8-11)17-15(18)14-4-2-3-7-16-14;/h10-14,16H,2-9H2,1H3,(H,17,18);1H/t10?,11?,12?,13?,14-;/m0./s1. The maximum absolute atomic E-state index is 12.2. The van der Waals surface area contributed by atoms with Crippen molar-refractivity contribution in [3.63, 3.8) is 0 Å². The first-order valence-corrected chi connectivity index (χ1v) is 7.78. The first-order chi connectivity index (χ1) is 8.74. The monoisotopic (exact) mass is 286 g/mol. The number of amides is 1. The molecule has 0 aromatic carbocycles. The van der Waals surface area contributed by atoms with E-state index >= 15 is 0 Å². The van der Waals surface area contributed by atoms with Crippen LogP contribution in [0.25, 0.3) is 0 Å². The number of hydrogen-bond acceptors (Lipinski definition) is 2. The van der Waals surface area contributed by atoms with Gasteiger partial charge < -0.3 is 10.6 Å². The van der Waals surface area contributed by atoms with Gasteiger partial charge in [-0.1, -0.05) is 12.8 Å². The molecule has 2 bridgehead atoms. The van der Waals surface area contributed by atoms with Gasteiger partial charge in [0.15, 0.2) is 0 Å². The van der Waals surface area contributed by atoms with Gasteiger partial charge in [-0.15, -0.1) is 12.4 Å². The number of carbonyl (C=O) groups is 1. The van der Waals surface area contributed by atoms with Crippen LogP contribution in [-0.4, -0.2) is 24.5 Å². The average Bonchev–Trinajstić information content (AvgIpc) is 3.02. The summed E-state index contributed by atoms with van der Waals surface area (Å²) in [6.07, 6.45) is 9.02. The first-order valence-electron chi connectivity index (χ1n) is 7.78. The van der Waals surface area contributed by atoms with E-state index in [1.165, 1.54) is 38.5 Å². The van der Waals surface area contributed by atoms with E-state index in [0.29, 0.717) is 6.04 Å². The molecule has 1 heterocycles. The zero-order valence-electron chi connectivity index (χ0n) is 11.9. The molecule has 110 valence electrons. The first kappa shape index (κ1) is 15.1. The lowest BCUT2D eigenvalue weighted by atomic mass is 9.84. The van der Waals surface area contributed by atoms with Crippen molar-refractivity contribution in [3.8, 4) is 0 Å². The highest BCUT2D eigenvalue weighted by Crippen LogP contribution is 2.49. The second kappa shape index (κ2) is 6.45. The number of fused-ring (bicyclic) bond motifs is 2. The largest absolute Gasteiger partial charge is 0.352 e. The van der Waals surface area contributed by atoms with Crippen LogP contribution in [0.15, 0.2) is 0 Å². The smallest absolute Gasteiger partial charge is 0.237 e. The van der Waals surface area contributed by atoms with Gasteiger partial charge in [-0.2, -0.15) is 0 Å². The van der Waals surface area contributed by atoms with Crippen LogP contribution in [-0.2, 0) is 4.79 Å². The highest BCUT2D eigenvalue weighted by Gasteiger charge is 2.42. The third-order valence-corrected chi connectivity index (χ3v) is 5.43. The minimum Gasteiger partial charge on any atom is -0.352 e. The third-order valence-electron chi connectivity index (χ3n) is 5.43. The SMILES string of the molecule is CC(NC(=O)[C@@H]1CCCCN1)C1CC2CCC1C2.Cl. The minimum absolute atomic E-state index is 0. The van der Waals surface area contributed by atoms with Crippen LogP contribution in [0.3, 0.4) is 0 Å². The zero-order valence-corrected chi connectivity index (χ0v) is 12.7. The molecule has 1 saturated heterocycles. The third kappa shape index (κ3) is 3.25. The zero-order chi connectivity index (χ0) is 12.5. The van der Waals surface area contributed by atoms with Gasteiger partial charge in [-0.25, -0.2) is 0 Å². The molecule has 4 heteroatoms. The van der Waals surface area contributed by atoms with E-state index in [-0.39, 0.29) is 24.4 Å². The second-order valence-electron chi connectivity index (χ2n) is 6.64. The van der Waals surface area contributed by atoms with Crippen LogP contribution < -0.4 is 10.6 Å². The molecule has 0 spiro atoms. The molecule has 2 N–H and O–H groups in total. The molecule has 3 nitrogen and oxygen atoms in total. The Morgan fingerprint density at radius 3 is 2.63 bits per heavy atom. The molecule has 5 atom stereocenters. The summed E-state index contributed by atoms with van der Waals surface area (Å²) >= 11 is 0. The van der Waals surface area contributed by atoms with Crippen molar-refractivity contribution < 1.29 is 4.79 Å². The molecule has 3 aliphatic rings. The van der Waals surface area contributed by atoms with E-state index in [4.69, 9.17) is 0 Å². The maximum Gasteiger partial charge on any atom is 0.237 e. The van der Waals surface area contributed by atoms with Gasteiger partial charge in [-0.3, -0.25) is 4.79 Å². The Bertz CT molecular complexity index is 317. The lowest BCUT2D eigenvalue weighted by molar-refractivity contribution is -0.124.